The highest BCUT2D eigenvalue weighted by atomic mass is 79.9. The van der Waals surface area contributed by atoms with E-state index in [1.807, 2.05) is 0 Å². The molecule has 2 atom stereocenters. The van der Waals surface area contributed by atoms with Gasteiger partial charge in [0.05, 0.1) is 10.7 Å². The number of oxime groups is 1. The van der Waals surface area contributed by atoms with E-state index in [9.17, 15) is 18.0 Å². The van der Waals surface area contributed by atoms with Gasteiger partial charge in [-0.25, -0.2) is 21.7 Å². The van der Waals surface area contributed by atoms with E-state index < -0.39 is 15.8 Å². The summed E-state index contributed by atoms with van der Waals surface area (Å²) < 4.78 is 43.6. The molecule has 2 fully saturated rings. The molecule has 13 heteroatoms. The van der Waals surface area contributed by atoms with Crippen molar-refractivity contribution in [2.24, 2.45) is 17.0 Å². The fraction of sp³-hybridized carbons (Fsp3) is 0.471. The monoisotopic (exact) mass is 502 g/mol. The molecule has 2 unspecified atom stereocenters. The Morgan fingerprint density at radius 3 is 2.63 bits per heavy atom. The maximum absolute atomic E-state index is 13.4. The van der Waals surface area contributed by atoms with Crippen LogP contribution in [0.1, 0.15) is 18.5 Å². The summed E-state index contributed by atoms with van der Waals surface area (Å²) in [5, 5.41) is 26.5. The van der Waals surface area contributed by atoms with E-state index >= 15 is 0 Å². The van der Waals surface area contributed by atoms with Gasteiger partial charge in [-0.05, 0) is 69.1 Å². The van der Waals surface area contributed by atoms with Crippen molar-refractivity contribution >= 4 is 43.3 Å². The molecule has 1 saturated carbocycles. The minimum atomic E-state index is -3.17. The molecule has 3 N–H and O–H groups in total. The highest BCUT2D eigenvalue weighted by Crippen LogP contribution is 2.40. The normalized spacial score (nSPS) is 24.8. The van der Waals surface area contributed by atoms with Gasteiger partial charge in [0.1, 0.15) is 5.82 Å². The lowest BCUT2D eigenvalue weighted by Gasteiger charge is -2.17. The smallest absolute Gasteiger partial charge is 0.211 e. The van der Waals surface area contributed by atoms with Crippen LogP contribution < -0.4 is 10.6 Å². The first-order valence-corrected chi connectivity index (χ1v) is 11.9. The summed E-state index contributed by atoms with van der Waals surface area (Å²) in [6.45, 7) is 1.05. The third-order valence-corrected chi connectivity index (χ3v) is 7.37. The lowest BCUT2D eigenvalue weighted by atomic mass is 10.0. The number of anilines is 2. The van der Waals surface area contributed by atoms with Crippen LogP contribution in [0.5, 0.6) is 0 Å². The van der Waals surface area contributed by atoms with Gasteiger partial charge in [0.25, 0.3) is 0 Å². The van der Waals surface area contributed by atoms with Crippen molar-refractivity contribution in [1.29, 1.82) is 0 Å². The Labute approximate surface area is 180 Å². The Bertz CT molecular complexity index is 1060. The molecule has 0 amide bonds. The van der Waals surface area contributed by atoms with Crippen molar-refractivity contribution < 1.29 is 22.6 Å². The number of hydrogen-bond donors (Lipinski definition) is 3. The molecule has 162 valence electrons. The Hall–Kier alpha value is -2.25. The molecule has 1 aromatic heterocycles. The zero-order chi connectivity index (χ0) is 21.5. The van der Waals surface area contributed by atoms with Crippen LogP contribution in [0.3, 0.4) is 0 Å². The minimum Gasteiger partial charge on any atom is -0.409 e. The van der Waals surface area contributed by atoms with Crippen LogP contribution in [-0.2, 0) is 10.0 Å². The van der Waals surface area contributed by atoms with E-state index in [2.05, 4.69) is 42.0 Å². The number of hydrogen-bond acceptors (Lipinski definition) is 8. The highest BCUT2D eigenvalue weighted by Gasteiger charge is 2.43. The Balaban J connectivity index is 1.43. The number of halogens is 2. The van der Waals surface area contributed by atoms with Crippen LogP contribution >= 0.6 is 15.9 Å². The molecule has 4 rings (SSSR count). The van der Waals surface area contributed by atoms with E-state index in [0.717, 1.165) is 12.8 Å². The van der Waals surface area contributed by atoms with Gasteiger partial charge in [-0.1, -0.05) is 5.16 Å². The van der Waals surface area contributed by atoms with Gasteiger partial charge < -0.3 is 15.8 Å². The van der Waals surface area contributed by atoms with Crippen LogP contribution in [0.4, 0.5) is 15.9 Å². The number of nitrogens with one attached hydrogen (secondary N) is 2. The summed E-state index contributed by atoms with van der Waals surface area (Å²) >= 11 is 3.10. The largest absolute Gasteiger partial charge is 0.409 e. The quantitative estimate of drug-likeness (QED) is 0.245. The molecule has 30 heavy (non-hydrogen) atoms. The number of nitrogens with zero attached hydrogens (tertiary/aromatic N) is 4. The molecule has 0 bridgehead atoms. The summed E-state index contributed by atoms with van der Waals surface area (Å²) in [6, 6.07) is 4.30. The molecule has 2 aliphatic rings. The maximum Gasteiger partial charge on any atom is 0.211 e. The summed E-state index contributed by atoms with van der Waals surface area (Å²) in [5.41, 5.74) is 0.647. The van der Waals surface area contributed by atoms with Crippen LogP contribution in [0.25, 0.3) is 0 Å². The van der Waals surface area contributed by atoms with Crippen LogP contribution in [0.15, 0.2) is 32.5 Å². The third kappa shape index (κ3) is 4.27. The number of rotatable bonds is 5. The fourth-order valence-corrected chi connectivity index (χ4v) is 5.42. The van der Waals surface area contributed by atoms with Crippen molar-refractivity contribution in [3.05, 3.63) is 34.2 Å². The Morgan fingerprint density at radius 2 is 2.03 bits per heavy atom. The van der Waals surface area contributed by atoms with Crippen LogP contribution in [0, 0.1) is 17.7 Å². The lowest BCUT2D eigenvalue weighted by molar-refractivity contribution is 0.304. The molecule has 2 heterocycles. The molecular formula is C17H20BrFN6O4S. The second kappa shape index (κ2) is 8.12. The van der Waals surface area contributed by atoms with Crippen LogP contribution in [0.2, 0.25) is 0 Å². The molecule has 1 aliphatic heterocycles. The van der Waals surface area contributed by atoms with Gasteiger partial charge in [-0.15, -0.1) is 0 Å². The molecule has 1 aromatic carbocycles. The summed E-state index contributed by atoms with van der Waals surface area (Å²) in [7, 11) is -3.17. The molecule has 0 spiro atoms. The molecule has 1 aliphatic carbocycles. The second-order valence-corrected chi connectivity index (χ2v) is 10.4. The highest BCUT2D eigenvalue weighted by molar-refractivity contribution is 9.10. The maximum atomic E-state index is 13.4. The number of fused-ring (bicyclic) bond motifs is 1. The first-order chi connectivity index (χ1) is 14.2. The van der Waals surface area contributed by atoms with Gasteiger partial charge >= 0.3 is 0 Å². The molecule has 10 nitrogen and oxygen atoms in total. The topological polar surface area (TPSA) is 133 Å². The zero-order valence-corrected chi connectivity index (χ0v) is 18.3. The average Bonchev–Trinajstić information content (AvgIpc) is 3.37. The van der Waals surface area contributed by atoms with Gasteiger partial charge in [0, 0.05) is 24.8 Å². The number of benzene rings is 1. The van der Waals surface area contributed by atoms with E-state index in [0.29, 0.717) is 24.6 Å². The molecule has 1 saturated heterocycles. The SMILES string of the molecule is CS(=O)(=O)N1CC2CC(Nc3nonc3C(=NO)Nc3ccc(F)c(Br)c3)CC2C1. The van der Waals surface area contributed by atoms with E-state index in [1.165, 1.54) is 28.8 Å². The van der Waals surface area contributed by atoms with Gasteiger partial charge in [0.2, 0.25) is 21.7 Å². The van der Waals surface area contributed by atoms with E-state index in [1.54, 1.807) is 0 Å². The van der Waals surface area contributed by atoms with Crippen molar-refractivity contribution in [2.75, 3.05) is 30.0 Å². The van der Waals surface area contributed by atoms with E-state index in [-0.39, 0.29) is 33.9 Å². The van der Waals surface area contributed by atoms with Crippen molar-refractivity contribution in [3.63, 3.8) is 0 Å². The molecule has 0 radical (unpaired) electrons. The fourth-order valence-electron chi connectivity index (χ4n) is 4.12. The summed E-state index contributed by atoms with van der Waals surface area (Å²) in [5.74, 6) is 0.428. The summed E-state index contributed by atoms with van der Waals surface area (Å²) in [6.07, 6.45) is 2.80. The van der Waals surface area contributed by atoms with Crippen LogP contribution in [-0.4, -0.2) is 59.5 Å². The molecule has 2 aromatic rings. The van der Waals surface area contributed by atoms with Gasteiger partial charge in [-0.2, -0.15) is 0 Å². The van der Waals surface area contributed by atoms with Crippen molar-refractivity contribution in [2.45, 2.75) is 18.9 Å². The number of aromatic nitrogens is 2. The molecular weight excluding hydrogens is 483 g/mol. The number of amidine groups is 1. The standard InChI is InChI=1S/C17H20BrFN6O4S/c1-30(27,28)25-7-9-4-12(5-10(9)8-25)21-17-15(23-29-24-17)16(22-26)20-11-2-3-14(19)13(18)6-11/h2-3,6,9-10,12,26H,4-5,7-8H2,1H3,(H,20,22)(H,21,24). The van der Waals surface area contributed by atoms with E-state index in [4.69, 9.17) is 4.63 Å². The first kappa shape index (κ1) is 21.0. The third-order valence-electron chi connectivity index (χ3n) is 5.52. The van der Waals surface area contributed by atoms with Crippen molar-refractivity contribution in [1.82, 2.24) is 14.6 Å². The van der Waals surface area contributed by atoms with Gasteiger partial charge in [0.15, 0.2) is 5.69 Å². The minimum absolute atomic E-state index is 0.0151. The Morgan fingerprint density at radius 1 is 1.33 bits per heavy atom. The Kier molecular flexibility index (Phi) is 5.68. The predicted molar refractivity (Wildman–Crippen MR) is 110 cm³/mol. The van der Waals surface area contributed by atoms with Crippen molar-refractivity contribution in [3.8, 4) is 0 Å². The number of sulfonamides is 1. The lowest BCUT2D eigenvalue weighted by Crippen LogP contribution is -2.30. The van der Waals surface area contributed by atoms with Gasteiger partial charge in [-0.3, -0.25) is 0 Å². The zero-order valence-electron chi connectivity index (χ0n) is 15.9. The second-order valence-electron chi connectivity index (χ2n) is 7.58. The predicted octanol–water partition coefficient (Wildman–Crippen LogP) is 2.30. The first-order valence-electron chi connectivity index (χ1n) is 9.23. The average molecular weight is 503 g/mol. The summed E-state index contributed by atoms with van der Waals surface area (Å²) in [4.78, 5) is 0.